The number of nitrogens with zero attached hydrogens (tertiary/aromatic N) is 1. The van der Waals surface area contributed by atoms with Crippen LogP contribution in [-0.4, -0.2) is 32.1 Å². The molecule has 126 valence electrons. The first-order valence-electron chi connectivity index (χ1n) is 8.90. The lowest BCUT2D eigenvalue weighted by atomic mass is 9.86. The minimum atomic E-state index is 0.844. The Balaban J connectivity index is 2.23. The van der Waals surface area contributed by atoms with Crippen LogP contribution in [0.5, 0.6) is 0 Å². The van der Waals surface area contributed by atoms with E-state index in [9.17, 15) is 0 Å². The van der Waals surface area contributed by atoms with E-state index in [-0.39, 0.29) is 0 Å². The van der Waals surface area contributed by atoms with Gasteiger partial charge in [0.15, 0.2) is 0 Å². The Labute approximate surface area is 142 Å². The molecule has 1 N–H and O–H groups in total. The molecule has 1 aromatic rings. The lowest BCUT2D eigenvalue weighted by Gasteiger charge is -2.29. The highest BCUT2D eigenvalue weighted by molar-refractivity contribution is 5.61. The number of benzene rings is 1. The molecule has 2 heteroatoms. The molecule has 23 heavy (non-hydrogen) atoms. The number of rotatable bonds is 6. The number of hydrogen-bond acceptors (Lipinski definition) is 2. The molecule has 0 radical (unpaired) electrons. The van der Waals surface area contributed by atoms with Crippen molar-refractivity contribution in [2.45, 2.75) is 39.5 Å². The van der Waals surface area contributed by atoms with Crippen LogP contribution in [0.3, 0.4) is 0 Å². The quantitative estimate of drug-likeness (QED) is 0.792. The summed E-state index contributed by atoms with van der Waals surface area (Å²) in [6.45, 7) is 10.9. The molecule has 1 aromatic carbocycles. The van der Waals surface area contributed by atoms with Crippen LogP contribution in [0, 0.1) is 12.8 Å². The largest absolute Gasteiger partial charge is 0.388 e. The molecule has 1 saturated heterocycles. The minimum absolute atomic E-state index is 0.844. The molecular formula is C21H32N2. The van der Waals surface area contributed by atoms with Gasteiger partial charge in [-0.15, -0.1) is 0 Å². The van der Waals surface area contributed by atoms with Crippen molar-refractivity contribution >= 4 is 6.08 Å². The maximum absolute atomic E-state index is 3.87. The fourth-order valence-corrected chi connectivity index (χ4v) is 3.63. The van der Waals surface area contributed by atoms with E-state index in [1.54, 1.807) is 0 Å². The summed E-state index contributed by atoms with van der Waals surface area (Å²) in [5.74, 6) is 0.844. The maximum atomic E-state index is 3.87. The molecule has 1 heterocycles. The highest BCUT2D eigenvalue weighted by Gasteiger charge is 2.18. The number of allylic oxidation sites excluding steroid dienone is 1. The predicted molar refractivity (Wildman–Crippen MR) is 102 cm³/mol. The van der Waals surface area contributed by atoms with Crippen molar-refractivity contribution in [3.05, 3.63) is 52.7 Å². The summed E-state index contributed by atoms with van der Waals surface area (Å²) < 4.78 is 0. The van der Waals surface area contributed by atoms with Gasteiger partial charge in [0, 0.05) is 12.7 Å². The van der Waals surface area contributed by atoms with E-state index in [1.165, 1.54) is 54.6 Å². The molecule has 2 rings (SSSR count). The fraction of sp³-hybridized carbons (Fsp3) is 0.524. The van der Waals surface area contributed by atoms with Gasteiger partial charge in [-0.2, -0.15) is 0 Å². The summed E-state index contributed by atoms with van der Waals surface area (Å²) in [6, 6.07) is 4.63. The highest BCUT2D eigenvalue weighted by Crippen LogP contribution is 2.27. The first-order valence-corrected chi connectivity index (χ1v) is 8.90. The molecule has 1 fully saturated rings. The van der Waals surface area contributed by atoms with Gasteiger partial charge in [-0.3, -0.25) is 0 Å². The van der Waals surface area contributed by atoms with Gasteiger partial charge in [0.05, 0.1) is 0 Å². The summed E-state index contributed by atoms with van der Waals surface area (Å²) in [4.78, 5) is 2.45. The van der Waals surface area contributed by atoms with Crippen LogP contribution < -0.4 is 5.32 Å². The van der Waals surface area contributed by atoms with Gasteiger partial charge < -0.3 is 10.2 Å². The van der Waals surface area contributed by atoms with Crippen LogP contribution in [0.25, 0.3) is 6.08 Å². The van der Waals surface area contributed by atoms with Crippen molar-refractivity contribution < 1.29 is 0 Å². The van der Waals surface area contributed by atoms with Gasteiger partial charge >= 0.3 is 0 Å². The lowest BCUT2D eigenvalue weighted by molar-refractivity contribution is 0.219. The van der Waals surface area contributed by atoms with Crippen molar-refractivity contribution in [1.29, 1.82) is 0 Å². The van der Waals surface area contributed by atoms with Gasteiger partial charge in [-0.05, 0) is 93.1 Å². The molecule has 1 aliphatic rings. The second-order valence-corrected chi connectivity index (χ2v) is 6.78. The molecular weight excluding hydrogens is 280 g/mol. The third kappa shape index (κ3) is 4.48. The van der Waals surface area contributed by atoms with Crippen molar-refractivity contribution in [2.75, 3.05) is 27.2 Å². The molecule has 0 aromatic heterocycles. The van der Waals surface area contributed by atoms with Crippen molar-refractivity contribution in [3.63, 3.8) is 0 Å². The number of likely N-dealkylation sites (tertiary alicyclic amines) is 1. The van der Waals surface area contributed by atoms with Gasteiger partial charge in [0.25, 0.3) is 0 Å². The van der Waals surface area contributed by atoms with Crippen LogP contribution in [0.15, 0.2) is 30.5 Å². The molecule has 2 nitrogen and oxygen atoms in total. The number of likely N-dealkylation sites (N-methyl/N-ethyl adjacent to an activating group) is 1. The maximum Gasteiger partial charge on any atom is 0.0337 e. The monoisotopic (exact) mass is 312 g/mol. The van der Waals surface area contributed by atoms with Crippen molar-refractivity contribution in [3.8, 4) is 0 Å². The normalized spacial score (nSPS) is 17.3. The average molecular weight is 313 g/mol. The van der Waals surface area contributed by atoms with E-state index in [0.29, 0.717) is 0 Å². The van der Waals surface area contributed by atoms with E-state index in [0.717, 1.165) is 18.0 Å². The second kappa shape index (κ2) is 8.35. The summed E-state index contributed by atoms with van der Waals surface area (Å²) in [5, 5.41) is 3.19. The Morgan fingerprint density at radius 3 is 2.61 bits per heavy atom. The van der Waals surface area contributed by atoms with Crippen LogP contribution in [0.1, 0.15) is 42.0 Å². The Morgan fingerprint density at radius 2 is 2.04 bits per heavy atom. The van der Waals surface area contributed by atoms with E-state index in [1.807, 2.05) is 13.1 Å². The first-order chi connectivity index (χ1) is 11.1. The van der Waals surface area contributed by atoms with Crippen LogP contribution in [-0.2, 0) is 12.8 Å². The summed E-state index contributed by atoms with van der Waals surface area (Å²) >= 11 is 0. The van der Waals surface area contributed by atoms with Crippen LogP contribution in [0.2, 0.25) is 0 Å². The molecule has 0 unspecified atom stereocenters. The first kappa shape index (κ1) is 17.8. The van der Waals surface area contributed by atoms with Gasteiger partial charge in [-0.1, -0.05) is 25.6 Å². The fourth-order valence-electron chi connectivity index (χ4n) is 3.63. The third-order valence-electron chi connectivity index (χ3n) is 5.27. The number of hydrogen-bond donors (Lipinski definition) is 1. The number of piperidine rings is 1. The number of nitrogens with one attached hydrogen (secondary N) is 1. The van der Waals surface area contributed by atoms with Crippen molar-refractivity contribution in [2.24, 2.45) is 5.92 Å². The van der Waals surface area contributed by atoms with E-state index in [4.69, 9.17) is 0 Å². The lowest BCUT2D eigenvalue weighted by Crippen LogP contribution is -2.31. The molecule has 1 aliphatic heterocycles. The summed E-state index contributed by atoms with van der Waals surface area (Å²) in [6.07, 6.45) is 9.06. The standard InChI is InChI=1S/C21H32N2/c1-6-20(22-4)15-19-9-8-18(16(3)21(19)7-2)14-17-10-12-23(5)13-11-17/h6,8-9,15,17,22H,1,7,10-14H2,2-5H3/b20-15+. The Kier molecular flexibility index (Phi) is 6.47. The summed E-state index contributed by atoms with van der Waals surface area (Å²) in [5.41, 5.74) is 6.89. The molecule has 0 atom stereocenters. The molecule has 0 aliphatic carbocycles. The zero-order chi connectivity index (χ0) is 16.8. The SMILES string of the molecule is C=C/C(=C\c1ccc(CC2CCN(C)CC2)c(C)c1CC)NC. The van der Waals surface area contributed by atoms with Crippen molar-refractivity contribution in [1.82, 2.24) is 10.2 Å². The molecule has 0 spiro atoms. The van der Waals surface area contributed by atoms with Crippen LogP contribution >= 0.6 is 0 Å². The molecule has 0 bridgehead atoms. The Morgan fingerprint density at radius 1 is 1.35 bits per heavy atom. The van der Waals surface area contributed by atoms with Gasteiger partial charge in [0.2, 0.25) is 0 Å². The third-order valence-corrected chi connectivity index (χ3v) is 5.27. The molecule has 0 saturated carbocycles. The topological polar surface area (TPSA) is 15.3 Å². The van der Waals surface area contributed by atoms with E-state index >= 15 is 0 Å². The Hall–Kier alpha value is -1.54. The Bertz CT molecular complexity index is 563. The minimum Gasteiger partial charge on any atom is -0.388 e. The predicted octanol–water partition coefficient (Wildman–Crippen LogP) is 4.19. The second-order valence-electron chi connectivity index (χ2n) is 6.78. The van der Waals surface area contributed by atoms with Gasteiger partial charge in [0.1, 0.15) is 0 Å². The zero-order valence-corrected chi connectivity index (χ0v) is 15.3. The van der Waals surface area contributed by atoms with E-state index in [2.05, 4.69) is 55.9 Å². The van der Waals surface area contributed by atoms with Gasteiger partial charge in [-0.25, -0.2) is 0 Å². The van der Waals surface area contributed by atoms with E-state index < -0.39 is 0 Å². The summed E-state index contributed by atoms with van der Waals surface area (Å²) in [7, 11) is 4.18. The smallest absolute Gasteiger partial charge is 0.0337 e. The average Bonchev–Trinajstić information content (AvgIpc) is 2.57. The highest BCUT2D eigenvalue weighted by atomic mass is 15.1. The molecule has 0 amide bonds. The zero-order valence-electron chi connectivity index (χ0n) is 15.3. The van der Waals surface area contributed by atoms with Crippen LogP contribution in [0.4, 0.5) is 0 Å².